The van der Waals surface area contributed by atoms with Gasteiger partial charge in [0.2, 0.25) is 0 Å². The number of hydrogen-bond acceptors (Lipinski definition) is 3. The molecule has 1 aliphatic carbocycles. The van der Waals surface area contributed by atoms with Gasteiger partial charge >= 0.3 is 0 Å². The van der Waals surface area contributed by atoms with Gasteiger partial charge in [-0.1, -0.05) is 12.8 Å². The Hall–Kier alpha value is -1.39. The first kappa shape index (κ1) is 13.6. The van der Waals surface area contributed by atoms with E-state index < -0.39 is 0 Å². The van der Waals surface area contributed by atoms with Crippen LogP contribution in [0.1, 0.15) is 36.0 Å². The summed E-state index contributed by atoms with van der Waals surface area (Å²) in [5, 5.41) is 6.37. The molecule has 0 aliphatic heterocycles. The van der Waals surface area contributed by atoms with Gasteiger partial charge in [0, 0.05) is 16.3 Å². The highest BCUT2D eigenvalue weighted by Gasteiger charge is 2.25. The zero-order chi connectivity index (χ0) is 13.9. The van der Waals surface area contributed by atoms with Gasteiger partial charge in [-0.05, 0) is 60.3 Å². The van der Waals surface area contributed by atoms with Gasteiger partial charge in [-0.15, -0.1) is 11.3 Å². The maximum Gasteiger partial charge on any atom is 0.251 e. The van der Waals surface area contributed by atoms with Crippen LogP contribution in [0.25, 0.3) is 10.1 Å². The second-order valence-electron chi connectivity index (χ2n) is 5.53. The Labute approximate surface area is 123 Å². The lowest BCUT2D eigenvalue weighted by Gasteiger charge is -2.31. The van der Waals surface area contributed by atoms with Crippen LogP contribution in [0.5, 0.6) is 0 Å². The average molecular weight is 288 g/mol. The molecule has 1 aromatic carbocycles. The molecule has 2 unspecified atom stereocenters. The molecule has 106 valence electrons. The minimum atomic E-state index is 0.0310. The Balaban J connectivity index is 1.74. The summed E-state index contributed by atoms with van der Waals surface area (Å²) in [4.78, 5) is 12.4. The number of fused-ring (bicyclic) bond motifs is 1. The summed E-state index contributed by atoms with van der Waals surface area (Å²) in [6.45, 7) is 0.661. The van der Waals surface area contributed by atoms with E-state index in [0.29, 0.717) is 12.5 Å². The van der Waals surface area contributed by atoms with Crippen LogP contribution in [0, 0.1) is 5.92 Å². The van der Waals surface area contributed by atoms with Crippen LogP contribution in [0.3, 0.4) is 0 Å². The van der Waals surface area contributed by atoms with Crippen molar-refractivity contribution in [2.75, 3.05) is 6.54 Å². The third-order valence-electron chi connectivity index (χ3n) is 4.24. The molecule has 0 spiro atoms. The SMILES string of the molecule is NCC1CCCCC1NC(=O)c1ccc2sccc2c1. The van der Waals surface area contributed by atoms with Crippen molar-refractivity contribution in [1.82, 2.24) is 5.32 Å². The quantitative estimate of drug-likeness (QED) is 0.911. The molecule has 0 radical (unpaired) electrons. The van der Waals surface area contributed by atoms with Crippen molar-refractivity contribution in [2.24, 2.45) is 11.7 Å². The fourth-order valence-electron chi connectivity index (χ4n) is 3.04. The molecule has 1 fully saturated rings. The molecule has 2 atom stereocenters. The number of carbonyl (C=O) groups excluding carboxylic acids is 1. The van der Waals surface area contributed by atoms with E-state index in [1.165, 1.54) is 17.5 Å². The van der Waals surface area contributed by atoms with Gasteiger partial charge in [-0.2, -0.15) is 0 Å². The van der Waals surface area contributed by atoms with Crippen molar-refractivity contribution >= 4 is 27.3 Å². The highest BCUT2D eigenvalue weighted by molar-refractivity contribution is 7.17. The van der Waals surface area contributed by atoms with Crippen LogP contribution in [0.4, 0.5) is 0 Å². The van der Waals surface area contributed by atoms with E-state index in [1.807, 2.05) is 18.2 Å². The van der Waals surface area contributed by atoms with E-state index in [9.17, 15) is 4.79 Å². The third kappa shape index (κ3) is 2.72. The Kier molecular flexibility index (Phi) is 4.03. The van der Waals surface area contributed by atoms with Gasteiger partial charge in [0.1, 0.15) is 0 Å². The Bertz CT molecular complexity index is 607. The van der Waals surface area contributed by atoms with Gasteiger partial charge in [0.15, 0.2) is 0 Å². The van der Waals surface area contributed by atoms with Gasteiger partial charge in [0.25, 0.3) is 5.91 Å². The highest BCUT2D eigenvalue weighted by Crippen LogP contribution is 2.25. The first-order valence-electron chi connectivity index (χ1n) is 7.26. The molecule has 20 heavy (non-hydrogen) atoms. The number of carbonyl (C=O) groups is 1. The molecule has 4 heteroatoms. The zero-order valence-electron chi connectivity index (χ0n) is 11.5. The third-order valence-corrected chi connectivity index (χ3v) is 5.14. The first-order chi connectivity index (χ1) is 9.78. The van der Waals surface area contributed by atoms with Crippen LogP contribution in [0.2, 0.25) is 0 Å². The molecule has 3 N–H and O–H groups in total. The summed E-state index contributed by atoms with van der Waals surface area (Å²) in [5.41, 5.74) is 6.57. The molecule has 3 nitrogen and oxygen atoms in total. The first-order valence-corrected chi connectivity index (χ1v) is 8.14. The summed E-state index contributed by atoms with van der Waals surface area (Å²) in [6.07, 6.45) is 4.60. The Morgan fingerprint density at radius 2 is 2.15 bits per heavy atom. The number of thiophene rings is 1. The summed E-state index contributed by atoms with van der Waals surface area (Å²) in [7, 11) is 0. The molecule has 1 aromatic heterocycles. The van der Waals surface area contributed by atoms with Crippen LogP contribution in [-0.2, 0) is 0 Å². The summed E-state index contributed by atoms with van der Waals surface area (Å²) in [6, 6.07) is 8.20. The standard InChI is InChI=1S/C16H20N2OS/c17-10-13-3-1-2-4-14(13)18-16(19)12-5-6-15-11(9-12)7-8-20-15/h5-9,13-14H,1-4,10,17H2,(H,18,19). The van der Waals surface area contributed by atoms with Gasteiger partial charge in [0.05, 0.1) is 0 Å². The van der Waals surface area contributed by atoms with E-state index in [2.05, 4.69) is 16.8 Å². The van der Waals surface area contributed by atoms with E-state index in [4.69, 9.17) is 5.73 Å². The molecule has 0 saturated heterocycles. The minimum Gasteiger partial charge on any atom is -0.349 e. The molecule has 1 amide bonds. The minimum absolute atomic E-state index is 0.0310. The number of benzene rings is 1. The van der Waals surface area contributed by atoms with Crippen molar-refractivity contribution in [3.63, 3.8) is 0 Å². The summed E-state index contributed by atoms with van der Waals surface area (Å²) < 4.78 is 1.22. The number of nitrogens with two attached hydrogens (primary N) is 1. The number of nitrogens with one attached hydrogen (secondary N) is 1. The molecule has 1 aliphatic rings. The van der Waals surface area contributed by atoms with E-state index >= 15 is 0 Å². The van der Waals surface area contributed by atoms with Gasteiger partial charge < -0.3 is 11.1 Å². The fraction of sp³-hybridized carbons (Fsp3) is 0.438. The van der Waals surface area contributed by atoms with Crippen LogP contribution >= 0.6 is 11.3 Å². The highest BCUT2D eigenvalue weighted by atomic mass is 32.1. The average Bonchev–Trinajstić information content (AvgIpc) is 2.95. The van der Waals surface area contributed by atoms with Crippen LogP contribution in [-0.4, -0.2) is 18.5 Å². The molecule has 1 heterocycles. The Morgan fingerprint density at radius 3 is 3.00 bits per heavy atom. The Morgan fingerprint density at radius 1 is 1.30 bits per heavy atom. The van der Waals surface area contributed by atoms with E-state index in [-0.39, 0.29) is 11.9 Å². The molecule has 1 saturated carbocycles. The molecule has 0 bridgehead atoms. The predicted octanol–water partition coefficient (Wildman–Crippen LogP) is 3.15. The topological polar surface area (TPSA) is 55.1 Å². The monoisotopic (exact) mass is 288 g/mol. The van der Waals surface area contributed by atoms with Crippen molar-refractivity contribution < 1.29 is 4.79 Å². The lowest BCUT2D eigenvalue weighted by Crippen LogP contribution is -2.44. The van der Waals surface area contributed by atoms with Gasteiger partial charge in [-0.3, -0.25) is 4.79 Å². The number of amides is 1. The predicted molar refractivity (Wildman–Crippen MR) is 84.1 cm³/mol. The van der Waals surface area contributed by atoms with Crippen LogP contribution in [0.15, 0.2) is 29.6 Å². The van der Waals surface area contributed by atoms with Crippen molar-refractivity contribution in [3.05, 3.63) is 35.2 Å². The lowest BCUT2D eigenvalue weighted by molar-refractivity contribution is 0.0908. The second-order valence-corrected chi connectivity index (χ2v) is 6.48. The largest absolute Gasteiger partial charge is 0.349 e. The van der Waals surface area contributed by atoms with E-state index in [1.54, 1.807) is 11.3 Å². The summed E-state index contributed by atoms with van der Waals surface area (Å²) >= 11 is 1.70. The maximum absolute atomic E-state index is 12.4. The zero-order valence-corrected chi connectivity index (χ0v) is 12.3. The molecule has 2 aromatic rings. The van der Waals surface area contributed by atoms with Crippen molar-refractivity contribution in [1.29, 1.82) is 0 Å². The normalized spacial score (nSPS) is 22.9. The summed E-state index contributed by atoms with van der Waals surface area (Å²) in [5.74, 6) is 0.459. The van der Waals surface area contributed by atoms with E-state index in [0.717, 1.165) is 23.8 Å². The number of rotatable bonds is 3. The number of hydrogen-bond donors (Lipinski definition) is 2. The lowest BCUT2D eigenvalue weighted by atomic mass is 9.84. The van der Waals surface area contributed by atoms with Crippen LogP contribution < -0.4 is 11.1 Å². The van der Waals surface area contributed by atoms with Gasteiger partial charge in [-0.25, -0.2) is 0 Å². The maximum atomic E-state index is 12.4. The van der Waals surface area contributed by atoms with Crippen molar-refractivity contribution in [2.45, 2.75) is 31.7 Å². The smallest absolute Gasteiger partial charge is 0.251 e. The van der Waals surface area contributed by atoms with Crippen molar-refractivity contribution in [3.8, 4) is 0 Å². The molecule has 3 rings (SSSR count). The molecular formula is C16H20N2OS. The molecular weight excluding hydrogens is 268 g/mol. The second kappa shape index (κ2) is 5.94. The fourth-order valence-corrected chi connectivity index (χ4v) is 3.81.